The molecular weight excluding hydrogens is 214 g/mol. The summed E-state index contributed by atoms with van der Waals surface area (Å²) < 4.78 is 10.9. The number of methoxy groups -OCH3 is 2. The molecule has 1 aliphatic carbocycles. The van der Waals surface area contributed by atoms with Gasteiger partial charge >= 0.3 is 0 Å². The molecule has 0 aliphatic heterocycles. The van der Waals surface area contributed by atoms with Gasteiger partial charge in [0.25, 0.3) is 0 Å². The summed E-state index contributed by atoms with van der Waals surface area (Å²) in [5, 5.41) is 0. The molecule has 1 atom stereocenters. The van der Waals surface area contributed by atoms with Crippen molar-refractivity contribution in [1.29, 1.82) is 0 Å². The van der Waals surface area contributed by atoms with Gasteiger partial charge in [-0.1, -0.05) is 6.42 Å². The molecule has 0 unspecified atom stereocenters. The van der Waals surface area contributed by atoms with Crippen molar-refractivity contribution in [2.45, 2.75) is 38.6 Å². The quantitative estimate of drug-likeness (QED) is 0.802. The Morgan fingerprint density at radius 3 is 2.65 bits per heavy atom. The number of ether oxygens (including phenoxy) is 2. The van der Waals surface area contributed by atoms with Gasteiger partial charge in [0.05, 0.1) is 14.2 Å². The first-order valence-corrected chi connectivity index (χ1v) is 6.19. The van der Waals surface area contributed by atoms with E-state index < -0.39 is 0 Å². The molecule has 0 saturated heterocycles. The first-order valence-electron chi connectivity index (χ1n) is 6.19. The van der Waals surface area contributed by atoms with Gasteiger partial charge in [0.2, 0.25) is 0 Å². The summed E-state index contributed by atoms with van der Waals surface area (Å²) in [4.78, 5) is 0. The zero-order chi connectivity index (χ0) is 12.4. The van der Waals surface area contributed by atoms with E-state index in [1.54, 1.807) is 14.2 Å². The second-order valence-corrected chi connectivity index (χ2v) is 4.67. The van der Waals surface area contributed by atoms with Crippen LogP contribution in [0.2, 0.25) is 0 Å². The molecule has 1 aliphatic rings. The summed E-state index contributed by atoms with van der Waals surface area (Å²) in [7, 11) is 3.36. The molecule has 17 heavy (non-hydrogen) atoms. The van der Waals surface area contributed by atoms with Crippen LogP contribution >= 0.6 is 0 Å². The van der Waals surface area contributed by atoms with Gasteiger partial charge in [-0.05, 0) is 43.4 Å². The van der Waals surface area contributed by atoms with E-state index in [0.717, 1.165) is 29.9 Å². The lowest BCUT2D eigenvalue weighted by atomic mass is 9.94. The maximum atomic E-state index is 6.28. The normalized spacial score (nSPS) is 19.4. The molecule has 0 fully saturated rings. The summed E-state index contributed by atoms with van der Waals surface area (Å²) in [6, 6.07) is 2.12. The second-order valence-electron chi connectivity index (χ2n) is 4.67. The van der Waals surface area contributed by atoms with Crippen LogP contribution in [-0.4, -0.2) is 14.2 Å². The van der Waals surface area contributed by atoms with Gasteiger partial charge in [-0.3, -0.25) is 0 Å². The molecule has 0 saturated carbocycles. The lowest BCUT2D eigenvalue weighted by Crippen LogP contribution is -2.13. The SMILES string of the molecule is COc1cc(C)c2c(c1OC)[C@@H](N)CCCC2. The van der Waals surface area contributed by atoms with Gasteiger partial charge in [0.15, 0.2) is 11.5 Å². The van der Waals surface area contributed by atoms with E-state index in [1.807, 2.05) is 0 Å². The first kappa shape index (κ1) is 12.2. The summed E-state index contributed by atoms with van der Waals surface area (Å²) >= 11 is 0. The fourth-order valence-electron chi connectivity index (χ4n) is 2.73. The zero-order valence-corrected chi connectivity index (χ0v) is 10.9. The third kappa shape index (κ3) is 2.12. The van der Waals surface area contributed by atoms with Gasteiger partial charge in [-0.25, -0.2) is 0 Å². The molecule has 0 aromatic heterocycles. The van der Waals surface area contributed by atoms with Gasteiger partial charge in [-0.15, -0.1) is 0 Å². The number of rotatable bonds is 2. The maximum Gasteiger partial charge on any atom is 0.165 e. The second kappa shape index (κ2) is 4.96. The highest BCUT2D eigenvalue weighted by molar-refractivity contribution is 5.56. The molecule has 94 valence electrons. The standard InChI is InChI=1S/C14H21NO2/c1-9-8-12(16-2)14(17-3)13-10(9)6-4-5-7-11(13)15/h8,11H,4-7,15H2,1-3H3/t11-/m0/s1. The monoisotopic (exact) mass is 235 g/mol. The molecule has 0 heterocycles. The van der Waals surface area contributed by atoms with Crippen molar-refractivity contribution in [3.8, 4) is 11.5 Å². The van der Waals surface area contributed by atoms with Crippen molar-refractivity contribution in [3.05, 3.63) is 22.8 Å². The smallest absolute Gasteiger partial charge is 0.165 e. The van der Waals surface area contributed by atoms with Crippen LogP contribution in [0.5, 0.6) is 11.5 Å². The molecule has 3 heteroatoms. The molecule has 2 N–H and O–H groups in total. The van der Waals surface area contributed by atoms with Crippen LogP contribution in [0.1, 0.15) is 42.0 Å². The molecular formula is C14H21NO2. The van der Waals surface area contributed by atoms with Crippen LogP contribution in [-0.2, 0) is 6.42 Å². The molecule has 3 nitrogen and oxygen atoms in total. The average molecular weight is 235 g/mol. The van der Waals surface area contributed by atoms with E-state index in [4.69, 9.17) is 15.2 Å². The lowest BCUT2D eigenvalue weighted by molar-refractivity contribution is 0.348. The van der Waals surface area contributed by atoms with Crippen molar-refractivity contribution in [2.24, 2.45) is 5.73 Å². The van der Waals surface area contributed by atoms with E-state index in [-0.39, 0.29) is 6.04 Å². The molecule has 1 aromatic rings. The van der Waals surface area contributed by atoms with Gasteiger partial charge in [0.1, 0.15) is 0 Å². The highest BCUT2D eigenvalue weighted by atomic mass is 16.5. The van der Waals surface area contributed by atoms with E-state index in [1.165, 1.54) is 24.0 Å². The minimum atomic E-state index is 0.0660. The minimum Gasteiger partial charge on any atom is -0.493 e. The van der Waals surface area contributed by atoms with Crippen LogP contribution in [0.4, 0.5) is 0 Å². The van der Waals surface area contributed by atoms with E-state index in [0.29, 0.717) is 0 Å². The molecule has 1 aromatic carbocycles. The van der Waals surface area contributed by atoms with Crippen molar-refractivity contribution in [1.82, 2.24) is 0 Å². The maximum absolute atomic E-state index is 6.28. The Bertz CT molecular complexity index is 415. The number of fused-ring (bicyclic) bond motifs is 1. The molecule has 0 spiro atoms. The summed E-state index contributed by atoms with van der Waals surface area (Å²) in [5.74, 6) is 1.61. The predicted octanol–water partition coefficient (Wildman–Crippen LogP) is 2.74. The number of aryl methyl sites for hydroxylation is 1. The molecule has 0 radical (unpaired) electrons. The van der Waals surface area contributed by atoms with Gasteiger partial charge in [-0.2, -0.15) is 0 Å². The van der Waals surface area contributed by atoms with Crippen molar-refractivity contribution in [2.75, 3.05) is 14.2 Å². The highest BCUT2D eigenvalue weighted by Gasteiger charge is 2.24. The number of hydrogen-bond donors (Lipinski definition) is 1. The highest BCUT2D eigenvalue weighted by Crippen LogP contribution is 2.42. The van der Waals surface area contributed by atoms with Crippen LogP contribution in [0.3, 0.4) is 0 Å². The Morgan fingerprint density at radius 2 is 2.00 bits per heavy atom. The van der Waals surface area contributed by atoms with E-state index in [2.05, 4.69) is 13.0 Å². The fraction of sp³-hybridized carbons (Fsp3) is 0.571. The van der Waals surface area contributed by atoms with Crippen LogP contribution in [0.15, 0.2) is 6.07 Å². The molecule has 0 amide bonds. The minimum absolute atomic E-state index is 0.0660. The van der Waals surface area contributed by atoms with Crippen LogP contribution in [0, 0.1) is 6.92 Å². The predicted molar refractivity (Wildman–Crippen MR) is 68.8 cm³/mol. The summed E-state index contributed by atoms with van der Waals surface area (Å²) in [6.07, 6.45) is 4.50. The van der Waals surface area contributed by atoms with E-state index >= 15 is 0 Å². The van der Waals surface area contributed by atoms with Gasteiger partial charge in [0, 0.05) is 11.6 Å². The average Bonchev–Trinajstić information content (AvgIpc) is 2.52. The number of nitrogens with two attached hydrogens (primary N) is 1. The Morgan fingerprint density at radius 1 is 1.24 bits per heavy atom. The Labute approximate surface area is 103 Å². The van der Waals surface area contributed by atoms with E-state index in [9.17, 15) is 0 Å². The van der Waals surface area contributed by atoms with Crippen LogP contribution in [0.25, 0.3) is 0 Å². The number of benzene rings is 1. The topological polar surface area (TPSA) is 44.5 Å². The Kier molecular flexibility index (Phi) is 3.57. The molecule has 2 rings (SSSR count). The fourth-order valence-corrected chi connectivity index (χ4v) is 2.73. The Hall–Kier alpha value is -1.22. The molecule has 0 bridgehead atoms. The van der Waals surface area contributed by atoms with Crippen molar-refractivity contribution in [3.63, 3.8) is 0 Å². The summed E-state index contributed by atoms with van der Waals surface area (Å²) in [5.41, 5.74) is 10.0. The third-order valence-electron chi connectivity index (χ3n) is 3.60. The Balaban J connectivity index is 2.64. The van der Waals surface area contributed by atoms with Crippen LogP contribution < -0.4 is 15.2 Å². The largest absolute Gasteiger partial charge is 0.493 e. The first-order chi connectivity index (χ1) is 8.19. The zero-order valence-electron chi connectivity index (χ0n) is 10.9. The van der Waals surface area contributed by atoms with Crippen molar-refractivity contribution < 1.29 is 9.47 Å². The lowest BCUT2D eigenvalue weighted by Gasteiger charge is -2.21. The third-order valence-corrected chi connectivity index (χ3v) is 3.60. The van der Waals surface area contributed by atoms with Gasteiger partial charge < -0.3 is 15.2 Å². The summed E-state index contributed by atoms with van der Waals surface area (Å²) in [6.45, 7) is 2.12. The number of hydrogen-bond acceptors (Lipinski definition) is 3. The van der Waals surface area contributed by atoms with Crippen molar-refractivity contribution >= 4 is 0 Å².